The van der Waals surface area contributed by atoms with E-state index in [0.29, 0.717) is 6.61 Å². The van der Waals surface area contributed by atoms with E-state index in [1.165, 1.54) is 5.56 Å². The molecule has 0 spiro atoms. The fraction of sp³-hybridized carbons (Fsp3) is 0.346. The molecule has 0 aliphatic heterocycles. The summed E-state index contributed by atoms with van der Waals surface area (Å²) in [6.45, 7) is 1.28. The maximum Gasteiger partial charge on any atom is 0.303 e. The molecule has 34 heavy (non-hydrogen) atoms. The van der Waals surface area contributed by atoms with Crippen molar-refractivity contribution < 1.29 is 19.4 Å². The lowest BCUT2D eigenvalue weighted by Gasteiger charge is -2.21. The molecule has 7 nitrogen and oxygen atoms in total. The van der Waals surface area contributed by atoms with E-state index < -0.39 is 5.97 Å². The largest absolute Gasteiger partial charge is 0.497 e. The number of carbonyl (C=O) groups is 1. The predicted octanol–water partition coefficient (Wildman–Crippen LogP) is 5.22. The summed E-state index contributed by atoms with van der Waals surface area (Å²) in [5.74, 6) is 1.72. The van der Waals surface area contributed by atoms with Crippen molar-refractivity contribution in [2.75, 3.05) is 32.2 Å². The Bertz CT molecular complexity index is 1150. The van der Waals surface area contributed by atoms with Gasteiger partial charge in [-0.05, 0) is 77.7 Å². The van der Waals surface area contributed by atoms with Gasteiger partial charge in [0.15, 0.2) is 0 Å². The first kappa shape index (κ1) is 23.8. The summed E-state index contributed by atoms with van der Waals surface area (Å²) in [5, 5.41) is 9.30. The molecule has 0 amide bonds. The van der Waals surface area contributed by atoms with E-state index in [-0.39, 0.29) is 17.6 Å². The van der Waals surface area contributed by atoms with Gasteiger partial charge in [-0.2, -0.15) is 4.98 Å². The van der Waals surface area contributed by atoms with Crippen LogP contribution in [0.3, 0.4) is 0 Å². The third kappa shape index (κ3) is 5.59. The summed E-state index contributed by atoms with van der Waals surface area (Å²) in [7, 11) is 3.62. The van der Waals surface area contributed by atoms with Crippen LogP contribution in [0.4, 0.5) is 5.82 Å². The highest BCUT2D eigenvalue weighted by atomic mass is 35.5. The lowest BCUT2D eigenvalue weighted by molar-refractivity contribution is -0.137. The summed E-state index contributed by atoms with van der Waals surface area (Å²) in [4.78, 5) is 21.7. The Morgan fingerprint density at radius 1 is 1.21 bits per heavy atom. The first-order chi connectivity index (χ1) is 16.4. The number of carboxylic acids is 1. The Balaban J connectivity index is 1.35. The number of carboxylic acid groups (broad SMARTS) is 1. The van der Waals surface area contributed by atoms with Gasteiger partial charge < -0.3 is 19.5 Å². The number of aliphatic carboxylic acids is 1. The minimum atomic E-state index is -0.748. The van der Waals surface area contributed by atoms with Gasteiger partial charge in [0, 0.05) is 25.4 Å². The molecule has 1 N–H and O–H groups in total. The van der Waals surface area contributed by atoms with Gasteiger partial charge in [-0.15, -0.1) is 0 Å². The number of hydrogen-bond donors (Lipinski definition) is 1. The van der Waals surface area contributed by atoms with Gasteiger partial charge in [-0.3, -0.25) is 4.79 Å². The van der Waals surface area contributed by atoms with Crippen molar-refractivity contribution in [1.82, 2.24) is 9.97 Å². The second-order valence-corrected chi connectivity index (χ2v) is 8.76. The Morgan fingerprint density at radius 3 is 2.71 bits per heavy atom. The molecule has 1 aliphatic carbocycles. The van der Waals surface area contributed by atoms with Crippen molar-refractivity contribution in [2.24, 2.45) is 0 Å². The number of fused-ring (bicyclic) bond motifs is 1. The number of halogens is 1. The van der Waals surface area contributed by atoms with Gasteiger partial charge in [-0.1, -0.05) is 18.2 Å². The normalized spacial score (nSPS) is 14.5. The maximum absolute atomic E-state index is 11.1. The SMILES string of the molecule is COc1ccc(-c2cnc(Cl)nc2N(C)CCCOc2ccc3c(c2)CC[C@H]3CC(=O)O)cc1. The Morgan fingerprint density at radius 2 is 1.97 bits per heavy atom. The second-order valence-electron chi connectivity index (χ2n) is 8.42. The molecule has 0 fully saturated rings. The van der Waals surface area contributed by atoms with Crippen LogP contribution in [-0.4, -0.2) is 48.4 Å². The van der Waals surface area contributed by atoms with E-state index in [4.69, 9.17) is 26.2 Å². The molecule has 0 saturated heterocycles. The van der Waals surface area contributed by atoms with Crippen LogP contribution < -0.4 is 14.4 Å². The Labute approximate surface area is 204 Å². The molecule has 178 valence electrons. The van der Waals surface area contributed by atoms with Gasteiger partial charge in [0.05, 0.1) is 20.1 Å². The zero-order chi connectivity index (χ0) is 24.1. The third-order valence-electron chi connectivity index (χ3n) is 6.15. The van der Waals surface area contributed by atoms with E-state index in [0.717, 1.165) is 59.8 Å². The number of methoxy groups -OCH3 is 1. The number of rotatable bonds is 10. The summed E-state index contributed by atoms with van der Waals surface area (Å²) >= 11 is 6.10. The van der Waals surface area contributed by atoms with E-state index in [1.54, 1.807) is 13.3 Å². The fourth-order valence-electron chi connectivity index (χ4n) is 4.41. The summed E-state index contributed by atoms with van der Waals surface area (Å²) in [6, 6.07) is 13.8. The summed E-state index contributed by atoms with van der Waals surface area (Å²) in [5.41, 5.74) is 4.21. The van der Waals surface area contributed by atoms with Crippen molar-refractivity contribution in [3.8, 4) is 22.6 Å². The van der Waals surface area contributed by atoms with E-state index in [2.05, 4.69) is 14.9 Å². The molecule has 0 unspecified atom stereocenters. The minimum absolute atomic E-state index is 0.106. The molecule has 8 heteroatoms. The Kier molecular flexibility index (Phi) is 7.53. The van der Waals surface area contributed by atoms with Crippen LogP contribution >= 0.6 is 11.6 Å². The number of nitrogens with zero attached hydrogens (tertiary/aromatic N) is 3. The first-order valence-corrected chi connectivity index (χ1v) is 11.7. The molecule has 1 aromatic heterocycles. The average Bonchev–Trinajstić information content (AvgIpc) is 3.23. The standard InChI is InChI=1S/C26H28ClN3O4/c1-30(25-23(16-28-26(27)29-25)17-6-8-20(33-2)9-7-17)12-3-13-34-21-10-11-22-18(14-21)4-5-19(22)15-24(31)32/h6-11,14,16,19H,3-5,12-13,15H2,1-2H3,(H,31,32)/t19-/m0/s1. The van der Waals surface area contributed by atoms with Gasteiger partial charge in [-0.25, -0.2) is 4.98 Å². The summed E-state index contributed by atoms with van der Waals surface area (Å²) < 4.78 is 11.2. The molecule has 0 saturated carbocycles. The zero-order valence-electron chi connectivity index (χ0n) is 19.3. The first-order valence-electron chi connectivity index (χ1n) is 11.3. The topological polar surface area (TPSA) is 84.8 Å². The minimum Gasteiger partial charge on any atom is -0.497 e. The molecule has 4 rings (SSSR count). The van der Waals surface area contributed by atoms with Crippen LogP contribution in [0.1, 0.15) is 36.3 Å². The molecule has 0 radical (unpaired) electrons. The molecular weight excluding hydrogens is 454 g/mol. The maximum atomic E-state index is 11.1. The van der Waals surface area contributed by atoms with Crippen molar-refractivity contribution in [1.29, 1.82) is 0 Å². The molecule has 1 heterocycles. The monoisotopic (exact) mass is 481 g/mol. The van der Waals surface area contributed by atoms with E-state index in [9.17, 15) is 4.79 Å². The van der Waals surface area contributed by atoms with E-state index >= 15 is 0 Å². The molecular formula is C26H28ClN3O4. The number of hydrogen-bond acceptors (Lipinski definition) is 6. The highest BCUT2D eigenvalue weighted by Crippen LogP contribution is 2.37. The van der Waals surface area contributed by atoms with Gasteiger partial charge in [0.25, 0.3) is 0 Å². The quantitative estimate of drug-likeness (QED) is 0.314. The van der Waals surface area contributed by atoms with Crippen molar-refractivity contribution in [3.63, 3.8) is 0 Å². The lowest BCUT2D eigenvalue weighted by atomic mass is 9.98. The number of anilines is 1. The van der Waals surface area contributed by atoms with E-state index in [1.807, 2.05) is 49.5 Å². The van der Waals surface area contributed by atoms with Crippen molar-refractivity contribution >= 4 is 23.4 Å². The molecule has 2 aromatic carbocycles. The zero-order valence-corrected chi connectivity index (χ0v) is 20.1. The predicted molar refractivity (Wildman–Crippen MR) is 132 cm³/mol. The van der Waals surface area contributed by atoms with Crippen molar-refractivity contribution in [2.45, 2.75) is 31.6 Å². The van der Waals surface area contributed by atoms with Crippen LogP contribution in [0.15, 0.2) is 48.7 Å². The van der Waals surface area contributed by atoms with Gasteiger partial charge in [0.2, 0.25) is 5.28 Å². The molecule has 3 aromatic rings. The number of aryl methyl sites for hydroxylation is 1. The van der Waals surface area contributed by atoms with Crippen LogP contribution in [-0.2, 0) is 11.2 Å². The molecule has 1 aliphatic rings. The second kappa shape index (κ2) is 10.7. The van der Waals surface area contributed by atoms with Crippen molar-refractivity contribution in [3.05, 3.63) is 65.1 Å². The number of aromatic nitrogens is 2. The van der Waals surface area contributed by atoms with Crippen LogP contribution in [0, 0.1) is 0 Å². The highest BCUT2D eigenvalue weighted by Gasteiger charge is 2.24. The van der Waals surface area contributed by atoms with Gasteiger partial charge >= 0.3 is 5.97 Å². The lowest BCUT2D eigenvalue weighted by Crippen LogP contribution is -2.22. The molecule has 1 atom stereocenters. The molecule has 0 bridgehead atoms. The fourth-order valence-corrected chi connectivity index (χ4v) is 4.54. The average molecular weight is 482 g/mol. The highest BCUT2D eigenvalue weighted by molar-refractivity contribution is 6.28. The van der Waals surface area contributed by atoms with Crippen LogP contribution in [0.25, 0.3) is 11.1 Å². The Hall–Kier alpha value is -3.32. The number of benzene rings is 2. The third-order valence-corrected chi connectivity index (χ3v) is 6.33. The van der Waals surface area contributed by atoms with Crippen LogP contribution in [0.2, 0.25) is 5.28 Å². The van der Waals surface area contributed by atoms with Gasteiger partial charge in [0.1, 0.15) is 17.3 Å². The van der Waals surface area contributed by atoms with Crippen LogP contribution in [0.5, 0.6) is 11.5 Å². The smallest absolute Gasteiger partial charge is 0.303 e. The number of ether oxygens (including phenoxy) is 2. The summed E-state index contributed by atoms with van der Waals surface area (Å²) in [6.07, 6.45) is 4.50.